The Labute approximate surface area is 120 Å². The molecule has 0 aliphatic rings. The minimum absolute atomic E-state index is 0.379. The summed E-state index contributed by atoms with van der Waals surface area (Å²) in [5.41, 5.74) is 2.22. The molecule has 0 atom stereocenters. The molecule has 0 amide bonds. The second-order valence-corrected chi connectivity index (χ2v) is 4.52. The molecule has 3 aromatic rings. The van der Waals surface area contributed by atoms with Gasteiger partial charge < -0.3 is 9.47 Å². The van der Waals surface area contributed by atoms with Crippen LogP contribution in [0.15, 0.2) is 42.7 Å². The molecule has 0 spiro atoms. The standard InChI is InChI=1S/C15H13N3O3/c1-10-7-13-16-9-17-18(13)14(8-10)21-12-5-3-11(4-6-12)15(19)20-2/h3-9H,1-2H3. The van der Waals surface area contributed by atoms with Crippen molar-refractivity contribution >= 4 is 11.6 Å². The van der Waals surface area contributed by atoms with E-state index in [1.54, 1.807) is 28.8 Å². The molecule has 106 valence electrons. The minimum Gasteiger partial charge on any atom is -0.465 e. The first kappa shape index (κ1) is 13.1. The Kier molecular flexibility index (Phi) is 3.27. The molecule has 0 unspecified atom stereocenters. The fourth-order valence-electron chi connectivity index (χ4n) is 1.99. The van der Waals surface area contributed by atoms with Gasteiger partial charge in [0, 0.05) is 6.07 Å². The van der Waals surface area contributed by atoms with Gasteiger partial charge in [0.05, 0.1) is 12.7 Å². The number of hydrogen-bond donors (Lipinski definition) is 0. The highest BCUT2D eigenvalue weighted by molar-refractivity contribution is 5.89. The van der Waals surface area contributed by atoms with Crippen LogP contribution < -0.4 is 4.74 Å². The van der Waals surface area contributed by atoms with Crippen molar-refractivity contribution in [3.63, 3.8) is 0 Å². The van der Waals surface area contributed by atoms with Crippen LogP contribution >= 0.6 is 0 Å². The van der Waals surface area contributed by atoms with Gasteiger partial charge >= 0.3 is 5.97 Å². The number of nitrogens with zero attached hydrogens (tertiary/aromatic N) is 3. The number of carbonyl (C=O) groups excluding carboxylic acids is 1. The van der Waals surface area contributed by atoms with Gasteiger partial charge in [-0.3, -0.25) is 0 Å². The maximum Gasteiger partial charge on any atom is 0.337 e. The van der Waals surface area contributed by atoms with Gasteiger partial charge in [-0.25, -0.2) is 9.78 Å². The first-order valence-corrected chi connectivity index (χ1v) is 6.34. The van der Waals surface area contributed by atoms with Gasteiger partial charge in [0.2, 0.25) is 5.88 Å². The van der Waals surface area contributed by atoms with Crippen LogP contribution in [0.5, 0.6) is 11.6 Å². The largest absolute Gasteiger partial charge is 0.465 e. The number of ether oxygens (including phenoxy) is 2. The molecule has 21 heavy (non-hydrogen) atoms. The molecule has 0 radical (unpaired) electrons. The average molecular weight is 283 g/mol. The van der Waals surface area contributed by atoms with Crippen LogP contribution in [0.1, 0.15) is 15.9 Å². The van der Waals surface area contributed by atoms with Gasteiger partial charge in [-0.2, -0.15) is 9.61 Å². The van der Waals surface area contributed by atoms with E-state index in [-0.39, 0.29) is 5.97 Å². The quantitative estimate of drug-likeness (QED) is 0.691. The van der Waals surface area contributed by atoms with E-state index in [0.29, 0.717) is 17.2 Å². The minimum atomic E-state index is -0.379. The lowest BCUT2D eigenvalue weighted by atomic mass is 10.2. The number of carbonyl (C=O) groups is 1. The number of methoxy groups -OCH3 is 1. The van der Waals surface area contributed by atoms with Crippen LogP contribution in [0.2, 0.25) is 0 Å². The third kappa shape index (κ3) is 2.55. The highest BCUT2D eigenvalue weighted by atomic mass is 16.5. The summed E-state index contributed by atoms with van der Waals surface area (Å²) in [6.45, 7) is 1.96. The molecule has 6 nitrogen and oxygen atoms in total. The van der Waals surface area contributed by atoms with E-state index >= 15 is 0 Å². The van der Waals surface area contributed by atoms with E-state index in [1.807, 2.05) is 19.1 Å². The number of aryl methyl sites for hydroxylation is 1. The second kappa shape index (κ2) is 5.24. The second-order valence-electron chi connectivity index (χ2n) is 4.52. The SMILES string of the molecule is COC(=O)c1ccc(Oc2cc(C)cc3ncnn23)cc1. The van der Waals surface area contributed by atoms with E-state index < -0.39 is 0 Å². The monoisotopic (exact) mass is 283 g/mol. The number of aromatic nitrogens is 3. The third-order valence-electron chi connectivity index (χ3n) is 2.99. The molecule has 0 aliphatic heterocycles. The first-order chi connectivity index (χ1) is 10.2. The van der Waals surface area contributed by atoms with Crippen LogP contribution in [-0.4, -0.2) is 27.7 Å². The summed E-state index contributed by atoms with van der Waals surface area (Å²) in [5.74, 6) is 0.786. The Bertz CT molecular complexity index is 794. The molecular formula is C15H13N3O3. The summed E-state index contributed by atoms with van der Waals surface area (Å²) in [5, 5.41) is 4.12. The number of fused-ring (bicyclic) bond motifs is 1. The van der Waals surface area contributed by atoms with Crippen LogP contribution in [0.4, 0.5) is 0 Å². The molecule has 2 heterocycles. The first-order valence-electron chi connectivity index (χ1n) is 6.34. The van der Waals surface area contributed by atoms with Crippen LogP contribution in [0, 0.1) is 6.92 Å². The molecule has 0 fully saturated rings. The van der Waals surface area contributed by atoms with Crippen molar-refractivity contribution in [2.24, 2.45) is 0 Å². The van der Waals surface area contributed by atoms with Gasteiger partial charge in [0.25, 0.3) is 0 Å². The smallest absolute Gasteiger partial charge is 0.337 e. The van der Waals surface area contributed by atoms with Crippen molar-refractivity contribution in [3.05, 3.63) is 53.9 Å². The van der Waals surface area contributed by atoms with E-state index in [2.05, 4.69) is 14.8 Å². The summed E-state index contributed by atoms with van der Waals surface area (Å²) in [4.78, 5) is 15.5. The van der Waals surface area contributed by atoms with Gasteiger partial charge in [0.1, 0.15) is 12.1 Å². The highest BCUT2D eigenvalue weighted by Gasteiger charge is 2.08. The molecule has 1 aromatic carbocycles. The van der Waals surface area contributed by atoms with Gasteiger partial charge in [-0.05, 0) is 42.8 Å². The summed E-state index contributed by atoms with van der Waals surface area (Å²) < 4.78 is 12.1. The van der Waals surface area contributed by atoms with Crippen molar-refractivity contribution in [1.82, 2.24) is 14.6 Å². The van der Waals surface area contributed by atoms with Crippen LogP contribution in [-0.2, 0) is 4.74 Å². The number of esters is 1. The zero-order valence-corrected chi connectivity index (χ0v) is 11.6. The lowest BCUT2D eigenvalue weighted by Gasteiger charge is -2.08. The zero-order valence-electron chi connectivity index (χ0n) is 11.6. The number of rotatable bonds is 3. The molecule has 0 saturated heterocycles. The van der Waals surface area contributed by atoms with Crippen molar-refractivity contribution in [2.75, 3.05) is 7.11 Å². The average Bonchev–Trinajstić information content (AvgIpc) is 2.95. The lowest BCUT2D eigenvalue weighted by molar-refractivity contribution is 0.0600. The van der Waals surface area contributed by atoms with Crippen molar-refractivity contribution < 1.29 is 14.3 Å². The molecule has 3 rings (SSSR count). The molecular weight excluding hydrogens is 270 g/mol. The number of benzene rings is 1. The number of hydrogen-bond acceptors (Lipinski definition) is 5. The fraction of sp³-hybridized carbons (Fsp3) is 0.133. The van der Waals surface area contributed by atoms with Gasteiger partial charge in [-0.15, -0.1) is 0 Å². The molecule has 6 heteroatoms. The van der Waals surface area contributed by atoms with Crippen molar-refractivity contribution in [1.29, 1.82) is 0 Å². The maximum atomic E-state index is 11.4. The highest BCUT2D eigenvalue weighted by Crippen LogP contribution is 2.23. The third-order valence-corrected chi connectivity index (χ3v) is 2.99. The fourth-order valence-corrected chi connectivity index (χ4v) is 1.99. The predicted octanol–water partition coefficient (Wildman–Crippen LogP) is 2.62. The Hall–Kier alpha value is -2.89. The zero-order chi connectivity index (χ0) is 14.8. The summed E-state index contributed by atoms with van der Waals surface area (Å²) >= 11 is 0. The van der Waals surface area contributed by atoms with E-state index in [9.17, 15) is 4.79 Å². The lowest BCUT2D eigenvalue weighted by Crippen LogP contribution is -2.01. The van der Waals surface area contributed by atoms with Crippen LogP contribution in [0.25, 0.3) is 5.65 Å². The van der Waals surface area contributed by atoms with Gasteiger partial charge in [-0.1, -0.05) is 0 Å². The Morgan fingerprint density at radius 1 is 1.19 bits per heavy atom. The van der Waals surface area contributed by atoms with Gasteiger partial charge in [0.15, 0.2) is 5.65 Å². The Morgan fingerprint density at radius 3 is 2.67 bits per heavy atom. The molecule has 0 aliphatic carbocycles. The Balaban J connectivity index is 1.91. The Morgan fingerprint density at radius 2 is 1.95 bits per heavy atom. The summed E-state index contributed by atoms with van der Waals surface area (Å²) in [7, 11) is 1.35. The topological polar surface area (TPSA) is 65.7 Å². The summed E-state index contributed by atoms with van der Waals surface area (Å²) in [6.07, 6.45) is 1.47. The molecule has 0 N–H and O–H groups in total. The van der Waals surface area contributed by atoms with Crippen molar-refractivity contribution in [2.45, 2.75) is 6.92 Å². The number of pyridine rings is 1. The molecule has 0 saturated carbocycles. The van der Waals surface area contributed by atoms with Crippen LogP contribution in [0.3, 0.4) is 0 Å². The predicted molar refractivity (Wildman–Crippen MR) is 75.6 cm³/mol. The normalized spacial score (nSPS) is 10.6. The van der Waals surface area contributed by atoms with E-state index in [1.165, 1.54) is 13.4 Å². The molecule has 2 aromatic heterocycles. The van der Waals surface area contributed by atoms with Crippen molar-refractivity contribution in [3.8, 4) is 11.6 Å². The van der Waals surface area contributed by atoms with E-state index in [0.717, 1.165) is 11.2 Å². The molecule has 0 bridgehead atoms. The van der Waals surface area contributed by atoms with E-state index in [4.69, 9.17) is 4.74 Å². The summed E-state index contributed by atoms with van der Waals surface area (Å²) in [6, 6.07) is 10.5. The maximum absolute atomic E-state index is 11.4.